The first kappa shape index (κ1) is 20.9. The van der Waals surface area contributed by atoms with Gasteiger partial charge < -0.3 is 15.3 Å². The van der Waals surface area contributed by atoms with Crippen molar-refractivity contribution >= 4 is 67.8 Å². The van der Waals surface area contributed by atoms with Gasteiger partial charge >= 0.3 is 0 Å². The number of anilines is 1. The molecule has 0 saturated carbocycles. The quantitative estimate of drug-likeness (QED) is 0.220. The van der Waals surface area contributed by atoms with Crippen molar-refractivity contribution in [2.24, 2.45) is 0 Å². The number of benzene rings is 3. The molecular weight excluding hydrogens is 458 g/mol. The number of hydrogen-bond donors (Lipinski definition) is 4. The molecule has 0 aliphatic carbocycles. The number of amides is 2. The summed E-state index contributed by atoms with van der Waals surface area (Å²) >= 11 is 5.41. The van der Waals surface area contributed by atoms with Crippen LogP contribution in [0.2, 0.25) is 0 Å². The molecule has 5 aromatic rings. The second-order valence-corrected chi connectivity index (χ2v) is 8.53. The molecular formula is C27H19N5O2S. The molecule has 1 aliphatic heterocycles. The first-order valence-electron chi connectivity index (χ1n) is 11.0. The summed E-state index contributed by atoms with van der Waals surface area (Å²) in [6.45, 7) is 0. The topological polar surface area (TPSA) is 93.0 Å². The van der Waals surface area contributed by atoms with E-state index in [0.29, 0.717) is 22.3 Å². The van der Waals surface area contributed by atoms with Gasteiger partial charge in [-0.25, -0.2) is 0 Å². The molecule has 2 amide bonds. The fourth-order valence-corrected chi connectivity index (χ4v) is 4.68. The average Bonchev–Trinajstić information content (AvgIpc) is 3.55. The van der Waals surface area contributed by atoms with Gasteiger partial charge in [-0.2, -0.15) is 5.01 Å². The van der Waals surface area contributed by atoms with Crippen LogP contribution in [-0.4, -0.2) is 31.9 Å². The molecule has 0 spiro atoms. The molecule has 4 N–H and O–H groups in total. The fourth-order valence-electron chi connectivity index (χ4n) is 4.47. The number of nitrogens with one attached hydrogen (secondary N) is 4. The molecule has 0 saturated heterocycles. The highest BCUT2D eigenvalue weighted by Gasteiger charge is 2.42. The van der Waals surface area contributed by atoms with E-state index in [1.54, 1.807) is 12.4 Å². The third-order valence-corrected chi connectivity index (χ3v) is 6.24. The molecule has 8 heteroatoms. The van der Waals surface area contributed by atoms with Gasteiger partial charge in [-0.1, -0.05) is 54.6 Å². The van der Waals surface area contributed by atoms with Gasteiger partial charge in [0.25, 0.3) is 11.8 Å². The maximum Gasteiger partial charge on any atom is 0.281 e. The van der Waals surface area contributed by atoms with E-state index in [-0.39, 0.29) is 5.11 Å². The zero-order valence-electron chi connectivity index (χ0n) is 18.3. The highest BCUT2D eigenvalue weighted by Crippen LogP contribution is 2.40. The average molecular weight is 478 g/mol. The van der Waals surface area contributed by atoms with Crippen LogP contribution in [0.15, 0.2) is 91.3 Å². The molecule has 0 fully saturated rings. The molecule has 1 aliphatic rings. The Labute approximate surface area is 205 Å². The van der Waals surface area contributed by atoms with Crippen molar-refractivity contribution in [2.75, 3.05) is 5.32 Å². The monoisotopic (exact) mass is 477 g/mol. The number of aromatic nitrogens is 2. The molecule has 2 aromatic heterocycles. The van der Waals surface area contributed by atoms with Crippen LogP contribution in [0, 0.1) is 0 Å². The Hall–Kier alpha value is -4.69. The van der Waals surface area contributed by atoms with Gasteiger partial charge in [-0.05, 0) is 36.5 Å². The van der Waals surface area contributed by atoms with E-state index < -0.39 is 11.8 Å². The Morgan fingerprint density at radius 3 is 1.71 bits per heavy atom. The number of para-hydroxylation sites is 3. The molecule has 6 rings (SSSR count). The predicted molar refractivity (Wildman–Crippen MR) is 141 cm³/mol. The second kappa shape index (κ2) is 8.27. The van der Waals surface area contributed by atoms with Crippen molar-refractivity contribution < 1.29 is 9.59 Å². The lowest BCUT2D eigenvalue weighted by Crippen LogP contribution is -2.48. The van der Waals surface area contributed by atoms with E-state index in [0.717, 1.165) is 32.5 Å². The number of rotatable bonds is 4. The number of nitrogens with zero attached hydrogens (tertiary/aromatic N) is 1. The number of carbonyl (C=O) groups is 2. The van der Waals surface area contributed by atoms with Crippen LogP contribution in [-0.2, 0) is 9.59 Å². The summed E-state index contributed by atoms with van der Waals surface area (Å²) in [5.74, 6) is -0.950. The minimum absolute atomic E-state index is 0.136. The van der Waals surface area contributed by atoms with Crippen molar-refractivity contribution in [2.45, 2.75) is 0 Å². The summed E-state index contributed by atoms with van der Waals surface area (Å²) in [5.41, 5.74) is 7.23. The van der Waals surface area contributed by atoms with E-state index in [4.69, 9.17) is 12.2 Å². The Morgan fingerprint density at radius 2 is 1.17 bits per heavy atom. The maximum absolute atomic E-state index is 13.8. The molecule has 0 atom stereocenters. The summed E-state index contributed by atoms with van der Waals surface area (Å²) in [7, 11) is 0. The summed E-state index contributed by atoms with van der Waals surface area (Å²) in [5, 5.41) is 5.83. The van der Waals surface area contributed by atoms with Gasteiger partial charge in [-0.3, -0.25) is 15.0 Å². The van der Waals surface area contributed by atoms with Crippen molar-refractivity contribution in [1.29, 1.82) is 0 Å². The number of H-pyrrole nitrogens is 2. The van der Waals surface area contributed by atoms with Gasteiger partial charge in [0.1, 0.15) is 0 Å². The molecule has 170 valence electrons. The minimum atomic E-state index is -0.475. The van der Waals surface area contributed by atoms with E-state index >= 15 is 0 Å². The zero-order chi connectivity index (χ0) is 23.9. The Balaban J connectivity index is 1.46. The molecule has 0 radical (unpaired) electrons. The van der Waals surface area contributed by atoms with Gasteiger partial charge in [0, 0.05) is 51.0 Å². The van der Waals surface area contributed by atoms with E-state index in [9.17, 15) is 9.59 Å². The number of imide groups is 1. The van der Waals surface area contributed by atoms with Crippen molar-refractivity contribution in [3.05, 3.63) is 102 Å². The first-order valence-corrected chi connectivity index (χ1v) is 11.4. The van der Waals surface area contributed by atoms with Crippen molar-refractivity contribution in [3.63, 3.8) is 0 Å². The molecule has 0 unspecified atom stereocenters. The standard InChI is InChI=1S/C27H19N5O2S/c33-25-23(19-14-28-21-12-6-4-10-17(19)21)24(20-15-29-22-13-7-5-11-18(20)22)26(34)32(25)31-27(35)30-16-8-2-1-3-9-16/h1-15,28-29H,(H2,30,31,35). The molecule has 0 bridgehead atoms. The Bertz CT molecular complexity index is 1570. The highest BCUT2D eigenvalue weighted by atomic mass is 32.1. The lowest BCUT2D eigenvalue weighted by Gasteiger charge is -2.19. The van der Waals surface area contributed by atoms with E-state index in [2.05, 4.69) is 20.7 Å². The lowest BCUT2D eigenvalue weighted by atomic mass is 9.95. The van der Waals surface area contributed by atoms with Crippen LogP contribution in [0.4, 0.5) is 5.69 Å². The van der Waals surface area contributed by atoms with E-state index in [1.165, 1.54) is 0 Å². The number of hydrazine groups is 1. The van der Waals surface area contributed by atoms with Gasteiger partial charge in [0.05, 0.1) is 11.1 Å². The number of fused-ring (bicyclic) bond motifs is 2. The number of thiocarbonyl (C=S) groups is 1. The smallest absolute Gasteiger partial charge is 0.281 e. The largest absolute Gasteiger partial charge is 0.361 e. The molecule has 3 aromatic carbocycles. The predicted octanol–water partition coefficient (Wildman–Crippen LogP) is 4.83. The zero-order valence-corrected chi connectivity index (χ0v) is 19.1. The Morgan fingerprint density at radius 1 is 0.686 bits per heavy atom. The SMILES string of the molecule is O=C1C(c2c[nH]c3ccccc23)=C(c2c[nH]c3ccccc23)C(=O)N1NC(=S)Nc1ccccc1. The van der Waals surface area contributed by atoms with Crippen LogP contribution < -0.4 is 10.7 Å². The second-order valence-electron chi connectivity index (χ2n) is 8.12. The van der Waals surface area contributed by atoms with Crippen LogP contribution in [0.5, 0.6) is 0 Å². The number of aromatic amines is 2. The Kier molecular flexibility index (Phi) is 4.93. The lowest BCUT2D eigenvalue weighted by molar-refractivity contribution is -0.138. The normalized spacial score (nSPS) is 13.8. The van der Waals surface area contributed by atoms with Gasteiger partial charge in [0.15, 0.2) is 5.11 Å². The summed E-state index contributed by atoms with van der Waals surface area (Å²) < 4.78 is 0. The van der Waals surface area contributed by atoms with E-state index in [1.807, 2.05) is 78.9 Å². The summed E-state index contributed by atoms with van der Waals surface area (Å²) in [6.07, 6.45) is 3.54. The highest BCUT2D eigenvalue weighted by molar-refractivity contribution is 7.80. The first-order chi connectivity index (χ1) is 17.1. The third kappa shape index (κ3) is 3.48. The number of carbonyl (C=O) groups excluding carboxylic acids is 2. The van der Waals surface area contributed by atoms with Crippen LogP contribution in [0.25, 0.3) is 33.0 Å². The van der Waals surface area contributed by atoms with Crippen LogP contribution >= 0.6 is 12.2 Å². The summed E-state index contributed by atoms with van der Waals surface area (Å²) in [4.78, 5) is 33.9. The van der Waals surface area contributed by atoms with Crippen molar-refractivity contribution in [1.82, 2.24) is 20.4 Å². The van der Waals surface area contributed by atoms with Gasteiger partial charge in [-0.15, -0.1) is 0 Å². The van der Waals surface area contributed by atoms with Crippen LogP contribution in [0.1, 0.15) is 11.1 Å². The minimum Gasteiger partial charge on any atom is -0.361 e. The molecule has 35 heavy (non-hydrogen) atoms. The molecule has 3 heterocycles. The fraction of sp³-hybridized carbons (Fsp3) is 0. The van der Waals surface area contributed by atoms with Gasteiger partial charge in [0.2, 0.25) is 0 Å². The third-order valence-electron chi connectivity index (χ3n) is 6.05. The van der Waals surface area contributed by atoms with Crippen molar-refractivity contribution in [3.8, 4) is 0 Å². The molecule has 7 nitrogen and oxygen atoms in total. The maximum atomic E-state index is 13.8. The van der Waals surface area contributed by atoms with Crippen LogP contribution in [0.3, 0.4) is 0 Å². The number of hydrogen-bond acceptors (Lipinski definition) is 3. The summed E-state index contributed by atoms with van der Waals surface area (Å²) in [6, 6.07) is 24.7.